The average molecular weight is 329 g/mol. The van der Waals surface area contributed by atoms with Gasteiger partial charge in [-0.15, -0.1) is 0 Å². The van der Waals surface area contributed by atoms with Crippen LogP contribution in [0.3, 0.4) is 0 Å². The number of carbonyl (C=O) groups is 1. The van der Waals surface area contributed by atoms with Gasteiger partial charge in [0.2, 0.25) is 0 Å². The molecule has 3 rings (SSSR count). The van der Waals surface area contributed by atoms with Crippen molar-refractivity contribution < 1.29 is 14.5 Å². The van der Waals surface area contributed by atoms with Crippen LogP contribution < -0.4 is 4.74 Å². The highest BCUT2D eigenvalue weighted by molar-refractivity contribution is 5.98. The first-order valence-electron chi connectivity index (χ1n) is 7.84. The van der Waals surface area contributed by atoms with Crippen LogP contribution in [0.5, 0.6) is 5.75 Å². The number of benzene rings is 1. The molecule has 1 amide bonds. The summed E-state index contributed by atoms with van der Waals surface area (Å²) < 4.78 is 7.25. The van der Waals surface area contributed by atoms with Gasteiger partial charge in [0.15, 0.2) is 0 Å². The molecule has 24 heavy (non-hydrogen) atoms. The molecule has 7 heteroatoms. The Morgan fingerprint density at radius 2 is 1.92 bits per heavy atom. The van der Waals surface area contributed by atoms with E-state index >= 15 is 0 Å². The fraction of sp³-hybridized carbons (Fsp3) is 0.353. The van der Waals surface area contributed by atoms with E-state index in [-0.39, 0.29) is 17.2 Å². The lowest BCUT2D eigenvalue weighted by atomic mass is 10.0. The third-order valence-electron chi connectivity index (χ3n) is 4.43. The molecule has 1 fully saturated rings. The molecule has 1 aromatic carbocycles. The summed E-state index contributed by atoms with van der Waals surface area (Å²) in [6, 6.07) is 8.59. The molecule has 0 aliphatic carbocycles. The van der Waals surface area contributed by atoms with E-state index in [4.69, 9.17) is 4.74 Å². The lowest BCUT2D eigenvalue weighted by Crippen LogP contribution is -2.39. The Labute approximate surface area is 139 Å². The molecule has 0 spiro atoms. The van der Waals surface area contributed by atoms with Crippen LogP contribution in [-0.2, 0) is 0 Å². The highest BCUT2D eigenvalue weighted by Crippen LogP contribution is 2.28. The molecular weight excluding hydrogens is 310 g/mol. The molecule has 0 unspecified atom stereocenters. The van der Waals surface area contributed by atoms with Crippen molar-refractivity contribution in [2.24, 2.45) is 0 Å². The van der Waals surface area contributed by atoms with Gasteiger partial charge in [-0.05, 0) is 37.1 Å². The van der Waals surface area contributed by atoms with E-state index in [1.807, 2.05) is 24.5 Å². The van der Waals surface area contributed by atoms with Gasteiger partial charge in [0, 0.05) is 37.6 Å². The number of nitrogens with zero attached hydrogens (tertiary/aromatic N) is 3. The number of piperidine rings is 1. The van der Waals surface area contributed by atoms with Crippen molar-refractivity contribution in [3.05, 3.63) is 58.4 Å². The number of methoxy groups -OCH3 is 1. The Morgan fingerprint density at radius 3 is 2.50 bits per heavy atom. The molecule has 126 valence electrons. The molecule has 7 nitrogen and oxygen atoms in total. The zero-order valence-electron chi connectivity index (χ0n) is 13.4. The van der Waals surface area contributed by atoms with Crippen molar-refractivity contribution in [1.29, 1.82) is 0 Å². The summed E-state index contributed by atoms with van der Waals surface area (Å²) in [5.41, 5.74) is -0.105. The van der Waals surface area contributed by atoms with Gasteiger partial charge in [-0.2, -0.15) is 0 Å². The Balaban J connectivity index is 1.76. The van der Waals surface area contributed by atoms with Crippen molar-refractivity contribution in [2.75, 3.05) is 20.2 Å². The van der Waals surface area contributed by atoms with Crippen LogP contribution in [-0.4, -0.2) is 40.5 Å². The van der Waals surface area contributed by atoms with Crippen molar-refractivity contribution in [3.8, 4) is 5.75 Å². The molecular formula is C17H19N3O4. The summed E-state index contributed by atoms with van der Waals surface area (Å²) in [7, 11) is 1.47. The Morgan fingerprint density at radius 1 is 1.25 bits per heavy atom. The highest BCUT2D eigenvalue weighted by Gasteiger charge is 2.29. The maximum Gasteiger partial charge on any atom is 0.282 e. The van der Waals surface area contributed by atoms with Crippen LogP contribution in [0.1, 0.15) is 29.2 Å². The molecule has 0 bridgehead atoms. The zero-order chi connectivity index (χ0) is 17.1. The van der Waals surface area contributed by atoms with Crippen LogP contribution >= 0.6 is 0 Å². The van der Waals surface area contributed by atoms with E-state index in [9.17, 15) is 14.9 Å². The maximum atomic E-state index is 12.7. The van der Waals surface area contributed by atoms with E-state index in [1.54, 1.807) is 4.90 Å². The fourth-order valence-electron chi connectivity index (χ4n) is 3.10. The van der Waals surface area contributed by atoms with Gasteiger partial charge in [0.05, 0.1) is 12.0 Å². The largest absolute Gasteiger partial charge is 0.497 e. The van der Waals surface area contributed by atoms with Gasteiger partial charge in [0.1, 0.15) is 11.3 Å². The summed E-state index contributed by atoms with van der Waals surface area (Å²) in [5, 5.41) is 11.2. The quantitative estimate of drug-likeness (QED) is 0.638. The molecule has 1 aliphatic heterocycles. The lowest BCUT2D eigenvalue weighted by Gasteiger charge is -2.32. The number of nitro groups is 1. The maximum absolute atomic E-state index is 12.7. The summed E-state index contributed by atoms with van der Waals surface area (Å²) >= 11 is 0. The van der Waals surface area contributed by atoms with E-state index in [1.165, 1.54) is 25.3 Å². The van der Waals surface area contributed by atoms with E-state index in [0.717, 1.165) is 12.8 Å². The van der Waals surface area contributed by atoms with Crippen LogP contribution in [0.15, 0.2) is 42.7 Å². The predicted molar refractivity (Wildman–Crippen MR) is 88.3 cm³/mol. The molecule has 0 radical (unpaired) electrons. The van der Waals surface area contributed by atoms with Gasteiger partial charge in [-0.25, -0.2) is 0 Å². The molecule has 0 N–H and O–H groups in total. The van der Waals surface area contributed by atoms with Crippen LogP contribution in [0.4, 0.5) is 5.69 Å². The number of rotatable bonds is 4. The minimum atomic E-state index is -0.529. The Bertz CT molecular complexity index is 734. The number of amides is 1. The van der Waals surface area contributed by atoms with Crippen molar-refractivity contribution in [1.82, 2.24) is 9.47 Å². The van der Waals surface area contributed by atoms with Gasteiger partial charge >= 0.3 is 0 Å². The molecule has 2 aromatic rings. The van der Waals surface area contributed by atoms with Crippen molar-refractivity contribution in [3.63, 3.8) is 0 Å². The number of carbonyl (C=O) groups excluding carboxylic acids is 1. The first kappa shape index (κ1) is 16.0. The Hall–Kier alpha value is -2.83. The van der Waals surface area contributed by atoms with E-state index < -0.39 is 4.92 Å². The number of ether oxygens (including phenoxy) is 1. The number of likely N-dealkylation sites (tertiary alicyclic amines) is 1. The third-order valence-corrected chi connectivity index (χ3v) is 4.43. The average Bonchev–Trinajstić information content (AvgIpc) is 3.15. The van der Waals surface area contributed by atoms with E-state index in [2.05, 4.69) is 4.57 Å². The third kappa shape index (κ3) is 3.10. The molecule has 2 heterocycles. The Kier molecular flexibility index (Phi) is 4.50. The fourth-order valence-corrected chi connectivity index (χ4v) is 3.10. The summed E-state index contributed by atoms with van der Waals surface area (Å²) in [6.07, 6.45) is 5.71. The topological polar surface area (TPSA) is 77.6 Å². The minimum absolute atomic E-state index is 0.0822. The van der Waals surface area contributed by atoms with Crippen molar-refractivity contribution in [2.45, 2.75) is 18.9 Å². The smallest absolute Gasteiger partial charge is 0.282 e. The first-order valence-corrected chi connectivity index (χ1v) is 7.84. The molecule has 1 aromatic heterocycles. The molecule has 0 saturated carbocycles. The highest BCUT2D eigenvalue weighted by atomic mass is 16.6. The summed E-state index contributed by atoms with van der Waals surface area (Å²) in [5.74, 6) is 0.123. The SMILES string of the molecule is COc1ccc([N+](=O)[O-])c(C(=O)N2CCC(n3cccc3)CC2)c1. The number of hydrogen-bond acceptors (Lipinski definition) is 4. The number of nitro benzene ring substituents is 1. The second-order valence-electron chi connectivity index (χ2n) is 5.79. The van der Waals surface area contributed by atoms with Crippen LogP contribution in [0.2, 0.25) is 0 Å². The predicted octanol–water partition coefficient (Wildman–Crippen LogP) is 2.88. The van der Waals surface area contributed by atoms with Crippen LogP contribution in [0, 0.1) is 10.1 Å². The van der Waals surface area contributed by atoms with Gasteiger partial charge < -0.3 is 14.2 Å². The minimum Gasteiger partial charge on any atom is -0.497 e. The molecule has 1 saturated heterocycles. The van der Waals surface area contributed by atoms with Gasteiger partial charge in [0.25, 0.3) is 11.6 Å². The first-order chi connectivity index (χ1) is 11.6. The van der Waals surface area contributed by atoms with Gasteiger partial charge in [-0.1, -0.05) is 0 Å². The molecule has 1 aliphatic rings. The van der Waals surface area contributed by atoms with E-state index in [0.29, 0.717) is 24.9 Å². The second kappa shape index (κ2) is 6.74. The lowest BCUT2D eigenvalue weighted by molar-refractivity contribution is -0.385. The monoisotopic (exact) mass is 329 g/mol. The second-order valence-corrected chi connectivity index (χ2v) is 5.79. The zero-order valence-corrected chi connectivity index (χ0v) is 13.4. The summed E-state index contributed by atoms with van der Waals surface area (Å²) in [4.78, 5) is 25.1. The van der Waals surface area contributed by atoms with Crippen LogP contribution in [0.25, 0.3) is 0 Å². The normalized spacial score (nSPS) is 15.3. The molecule has 0 atom stereocenters. The summed E-state index contributed by atoms with van der Waals surface area (Å²) in [6.45, 7) is 1.16. The van der Waals surface area contributed by atoms with Crippen molar-refractivity contribution >= 4 is 11.6 Å². The van der Waals surface area contributed by atoms with Gasteiger partial charge in [-0.3, -0.25) is 14.9 Å². The number of aromatic nitrogens is 1. The standard InChI is InChI=1S/C17H19N3O4/c1-24-14-4-5-16(20(22)23)15(12-14)17(21)19-10-6-13(7-11-19)18-8-2-3-9-18/h2-5,8-9,12-13H,6-7,10-11H2,1H3. The number of hydrogen-bond donors (Lipinski definition) is 0.